The number of hydrogen-bond donors (Lipinski definition) is 1. The topological polar surface area (TPSA) is 35.8 Å². The highest BCUT2D eigenvalue weighted by Crippen LogP contribution is 2.37. The van der Waals surface area contributed by atoms with Gasteiger partial charge in [-0.15, -0.1) is 0 Å². The van der Waals surface area contributed by atoms with Crippen molar-refractivity contribution in [2.75, 3.05) is 13.1 Å². The van der Waals surface area contributed by atoms with Crippen molar-refractivity contribution < 1.29 is 5.21 Å². The molecule has 3 rings (SSSR count). The smallest absolute Gasteiger partial charge is 0.0574 e. The molecule has 2 aliphatic carbocycles. The molecule has 1 N–H and O–H groups in total. The maximum atomic E-state index is 8.90. The fourth-order valence-electron chi connectivity index (χ4n) is 4.13. The molecule has 17 heavy (non-hydrogen) atoms. The van der Waals surface area contributed by atoms with E-state index in [0.29, 0.717) is 0 Å². The largest absolute Gasteiger partial charge is 0.411 e. The van der Waals surface area contributed by atoms with Crippen molar-refractivity contribution in [1.29, 1.82) is 0 Å². The molecule has 3 nitrogen and oxygen atoms in total. The van der Waals surface area contributed by atoms with Gasteiger partial charge in [-0.25, -0.2) is 0 Å². The zero-order valence-electron chi connectivity index (χ0n) is 10.6. The number of nitrogens with zero attached hydrogens (tertiary/aromatic N) is 2. The summed E-state index contributed by atoms with van der Waals surface area (Å²) >= 11 is 0. The monoisotopic (exact) mass is 236 g/mol. The van der Waals surface area contributed by atoms with E-state index in [9.17, 15) is 0 Å². The van der Waals surface area contributed by atoms with E-state index in [1.807, 2.05) is 0 Å². The fourth-order valence-corrected chi connectivity index (χ4v) is 4.13. The first-order chi connectivity index (χ1) is 8.36. The highest BCUT2D eigenvalue weighted by Gasteiger charge is 2.39. The third-order valence-corrected chi connectivity index (χ3v) is 5.14. The molecule has 0 amide bonds. The molecular formula is C14H24N2O. The maximum absolute atomic E-state index is 8.90. The van der Waals surface area contributed by atoms with Gasteiger partial charge in [0, 0.05) is 19.1 Å². The second kappa shape index (κ2) is 4.97. The van der Waals surface area contributed by atoms with Gasteiger partial charge in [-0.2, -0.15) is 0 Å². The lowest BCUT2D eigenvalue weighted by molar-refractivity contribution is 0.182. The number of fused-ring (bicyclic) bond motifs is 1. The van der Waals surface area contributed by atoms with Crippen molar-refractivity contribution >= 4 is 5.71 Å². The molecular weight excluding hydrogens is 212 g/mol. The van der Waals surface area contributed by atoms with Crippen molar-refractivity contribution in [1.82, 2.24) is 4.90 Å². The summed E-state index contributed by atoms with van der Waals surface area (Å²) in [6, 6.07) is 0.865. The number of oxime groups is 1. The van der Waals surface area contributed by atoms with E-state index in [1.54, 1.807) is 0 Å². The Labute approximate surface area is 104 Å². The average molecular weight is 236 g/mol. The van der Waals surface area contributed by atoms with Gasteiger partial charge < -0.3 is 5.21 Å². The number of likely N-dealkylation sites (tertiary alicyclic amines) is 1. The van der Waals surface area contributed by atoms with Crippen molar-refractivity contribution in [2.24, 2.45) is 17.0 Å². The van der Waals surface area contributed by atoms with Crippen molar-refractivity contribution in [2.45, 2.75) is 57.4 Å². The number of rotatable bonds is 1. The quantitative estimate of drug-likeness (QED) is 0.561. The van der Waals surface area contributed by atoms with E-state index in [2.05, 4.69) is 10.1 Å². The molecule has 1 saturated heterocycles. The fraction of sp³-hybridized carbons (Fsp3) is 0.929. The second-order valence-corrected chi connectivity index (χ2v) is 6.17. The van der Waals surface area contributed by atoms with E-state index in [1.165, 1.54) is 51.6 Å². The summed E-state index contributed by atoms with van der Waals surface area (Å²) in [5, 5.41) is 12.3. The van der Waals surface area contributed by atoms with Gasteiger partial charge in [0.05, 0.1) is 5.71 Å². The Balaban J connectivity index is 1.60. The third kappa shape index (κ3) is 2.35. The lowest BCUT2D eigenvalue weighted by atomic mass is 9.81. The van der Waals surface area contributed by atoms with Crippen LogP contribution in [0.25, 0.3) is 0 Å². The van der Waals surface area contributed by atoms with Gasteiger partial charge in [0.25, 0.3) is 0 Å². The summed E-state index contributed by atoms with van der Waals surface area (Å²) < 4.78 is 0. The van der Waals surface area contributed by atoms with Crippen LogP contribution in [0.15, 0.2) is 5.16 Å². The summed E-state index contributed by atoms with van der Waals surface area (Å²) in [4.78, 5) is 2.74. The Morgan fingerprint density at radius 2 is 1.76 bits per heavy atom. The van der Waals surface area contributed by atoms with Gasteiger partial charge in [0.2, 0.25) is 0 Å². The van der Waals surface area contributed by atoms with Crippen molar-refractivity contribution in [3.8, 4) is 0 Å². The van der Waals surface area contributed by atoms with Crippen molar-refractivity contribution in [3.05, 3.63) is 0 Å². The summed E-state index contributed by atoms with van der Waals surface area (Å²) in [5.41, 5.74) is 1.04. The van der Waals surface area contributed by atoms with Gasteiger partial charge in [-0.05, 0) is 43.9 Å². The normalized spacial score (nSPS) is 38.5. The molecule has 0 aromatic rings. The Hall–Kier alpha value is -0.570. The molecule has 3 aliphatic rings. The van der Waals surface area contributed by atoms with Crippen LogP contribution in [-0.4, -0.2) is 35.0 Å². The molecule has 0 unspecified atom stereocenters. The van der Waals surface area contributed by atoms with Crippen LogP contribution in [0.3, 0.4) is 0 Å². The molecule has 2 atom stereocenters. The van der Waals surface area contributed by atoms with Crippen LogP contribution in [0, 0.1) is 11.8 Å². The highest BCUT2D eigenvalue weighted by atomic mass is 16.4. The van der Waals surface area contributed by atoms with Crippen molar-refractivity contribution in [3.63, 3.8) is 0 Å². The Kier molecular flexibility index (Phi) is 3.37. The van der Waals surface area contributed by atoms with Crippen LogP contribution in [-0.2, 0) is 0 Å². The molecule has 0 bridgehead atoms. The SMILES string of the molecule is O/N=C1\CC[C@H]2CN(C3CCCCC3)C[C@H]2C1. The summed E-state index contributed by atoms with van der Waals surface area (Å²) in [6.45, 7) is 2.57. The zero-order chi connectivity index (χ0) is 11.7. The van der Waals surface area contributed by atoms with Gasteiger partial charge >= 0.3 is 0 Å². The predicted molar refractivity (Wildman–Crippen MR) is 68.5 cm³/mol. The minimum absolute atomic E-state index is 0.775. The lowest BCUT2D eigenvalue weighted by Gasteiger charge is -2.31. The van der Waals surface area contributed by atoms with Crippen LogP contribution in [0.4, 0.5) is 0 Å². The molecule has 0 radical (unpaired) electrons. The van der Waals surface area contributed by atoms with Crippen LogP contribution in [0.1, 0.15) is 51.4 Å². The molecule has 0 aromatic carbocycles. The van der Waals surface area contributed by atoms with Crippen LogP contribution in [0.5, 0.6) is 0 Å². The van der Waals surface area contributed by atoms with Gasteiger partial charge in [0.1, 0.15) is 0 Å². The molecule has 1 heterocycles. The molecule has 96 valence electrons. The van der Waals surface area contributed by atoms with Gasteiger partial charge in [-0.3, -0.25) is 4.90 Å². The molecule has 3 heteroatoms. The molecule has 3 fully saturated rings. The Morgan fingerprint density at radius 3 is 2.53 bits per heavy atom. The molecule has 0 aromatic heterocycles. The minimum atomic E-state index is 0.775. The van der Waals surface area contributed by atoms with E-state index >= 15 is 0 Å². The van der Waals surface area contributed by atoms with E-state index in [0.717, 1.165) is 36.4 Å². The Morgan fingerprint density at radius 1 is 1.00 bits per heavy atom. The van der Waals surface area contributed by atoms with Crippen LogP contribution >= 0.6 is 0 Å². The predicted octanol–water partition coefficient (Wildman–Crippen LogP) is 2.88. The summed E-state index contributed by atoms with van der Waals surface area (Å²) in [7, 11) is 0. The van der Waals surface area contributed by atoms with E-state index < -0.39 is 0 Å². The molecule has 1 aliphatic heterocycles. The van der Waals surface area contributed by atoms with Gasteiger partial charge in [0.15, 0.2) is 0 Å². The van der Waals surface area contributed by atoms with E-state index in [4.69, 9.17) is 5.21 Å². The highest BCUT2D eigenvalue weighted by molar-refractivity contribution is 5.84. The summed E-state index contributed by atoms with van der Waals surface area (Å²) in [6.07, 6.45) is 10.5. The molecule has 0 spiro atoms. The standard InChI is InChI=1S/C14H24N2O/c17-15-13-7-6-11-9-16(10-12(11)8-13)14-4-2-1-3-5-14/h11-12,14,17H,1-10H2/b15-13+/t11-,12+/m0/s1. The third-order valence-electron chi connectivity index (χ3n) is 5.14. The lowest BCUT2D eigenvalue weighted by Crippen LogP contribution is -2.35. The van der Waals surface area contributed by atoms with Gasteiger partial charge in [-0.1, -0.05) is 24.4 Å². The first-order valence-electron chi connectivity index (χ1n) is 7.30. The zero-order valence-corrected chi connectivity index (χ0v) is 10.6. The first kappa shape index (κ1) is 11.5. The van der Waals surface area contributed by atoms with Crippen LogP contribution < -0.4 is 0 Å². The first-order valence-corrected chi connectivity index (χ1v) is 7.30. The number of hydrogen-bond acceptors (Lipinski definition) is 3. The Bertz CT molecular complexity index is 297. The average Bonchev–Trinajstić information content (AvgIpc) is 2.82. The summed E-state index contributed by atoms with van der Waals surface area (Å²) in [5.74, 6) is 1.65. The molecule has 2 saturated carbocycles. The maximum Gasteiger partial charge on any atom is 0.0574 e. The minimum Gasteiger partial charge on any atom is -0.411 e. The van der Waals surface area contributed by atoms with Crippen LogP contribution in [0.2, 0.25) is 0 Å². The second-order valence-electron chi connectivity index (χ2n) is 6.17. The van der Waals surface area contributed by atoms with E-state index in [-0.39, 0.29) is 0 Å².